The van der Waals surface area contributed by atoms with Gasteiger partial charge in [-0.15, -0.1) is 7.92 Å². The average molecular weight is 211 g/mol. The summed E-state index contributed by atoms with van der Waals surface area (Å²) in [5.74, 6) is 0. The van der Waals surface area contributed by atoms with Crippen LogP contribution in [0.3, 0.4) is 0 Å². The van der Waals surface area contributed by atoms with Gasteiger partial charge in [-0.25, -0.2) is 0 Å². The summed E-state index contributed by atoms with van der Waals surface area (Å²) in [6.07, 6.45) is 4.26. The molecule has 44 valence electrons. The molecule has 0 aromatic carbocycles. The van der Waals surface area contributed by atoms with Crippen LogP contribution < -0.4 is 0 Å². The smallest absolute Gasteiger partial charge is 0.108 e. The van der Waals surface area contributed by atoms with E-state index in [9.17, 15) is 0 Å². The Balaban J connectivity index is 0. The second-order valence-corrected chi connectivity index (χ2v) is 4.86. The summed E-state index contributed by atoms with van der Waals surface area (Å²) >= 11 is 0. The molecule has 0 saturated carbocycles. The van der Waals surface area contributed by atoms with E-state index in [4.69, 9.17) is 0 Å². The van der Waals surface area contributed by atoms with Crippen LogP contribution in [0.2, 0.25) is 0 Å². The molecule has 0 amide bonds. The SMILES string of the molecule is CCP(CC)CC.[Nb+5]. The van der Waals surface area contributed by atoms with E-state index in [-0.39, 0.29) is 22.4 Å². The summed E-state index contributed by atoms with van der Waals surface area (Å²) in [7, 11) is 0.446. The fourth-order valence-electron chi connectivity index (χ4n) is 0.671. The fraction of sp³-hybridized carbons (Fsp3) is 1.00. The molecule has 0 nitrogen and oxygen atoms in total. The van der Waals surface area contributed by atoms with Crippen molar-refractivity contribution in [3.63, 3.8) is 0 Å². The van der Waals surface area contributed by atoms with Crippen molar-refractivity contribution < 1.29 is 22.4 Å². The Morgan fingerprint density at radius 3 is 1.12 bits per heavy atom. The zero-order valence-electron chi connectivity index (χ0n) is 6.02. The maximum atomic E-state index is 2.29. The summed E-state index contributed by atoms with van der Waals surface area (Å²) in [6.45, 7) is 6.87. The van der Waals surface area contributed by atoms with E-state index < -0.39 is 0 Å². The fourth-order valence-corrected chi connectivity index (χ4v) is 2.01. The van der Waals surface area contributed by atoms with Crippen LogP contribution in [-0.4, -0.2) is 18.5 Å². The van der Waals surface area contributed by atoms with Crippen molar-refractivity contribution in [3.8, 4) is 0 Å². The molecule has 0 aliphatic heterocycles. The molecule has 0 saturated heterocycles. The Morgan fingerprint density at radius 1 is 0.875 bits per heavy atom. The summed E-state index contributed by atoms with van der Waals surface area (Å²) in [4.78, 5) is 0. The van der Waals surface area contributed by atoms with Gasteiger partial charge in [-0.1, -0.05) is 20.8 Å². The monoisotopic (exact) mass is 211 g/mol. The van der Waals surface area contributed by atoms with E-state index in [1.54, 1.807) is 0 Å². The van der Waals surface area contributed by atoms with Crippen molar-refractivity contribution in [1.82, 2.24) is 0 Å². The van der Waals surface area contributed by atoms with E-state index >= 15 is 0 Å². The van der Waals surface area contributed by atoms with Gasteiger partial charge in [0.15, 0.2) is 0 Å². The van der Waals surface area contributed by atoms with Gasteiger partial charge in [-0.3, -0.25) is 0 Å². The molecule has 0 radical (unpaired) electrons. The Kier molecular flexibility index (Phi) is 12.2. The summed E-state index contributed by atoms with van der Waals surface area (Å²) < 4.78 is 0. The van der Waals surface area contributed by atoms with Crippen molar-refractivity contribution in [2.24, 2.45) is 0 Å². The van der Waals surface area contributed by atoms with Crippen LogP contribution >= 0.6 is 7.92 Å². The van der Waals surface area contributed by atoms with E-state index in [0.29, 0.717) is 7.92 Å². The van der Waals surface area contributed by atoms with Crippen molar-refractivity contribution in [1.29, 1.82) is 0 Å². The molecule has 0 spiro atoms. The Labute approximate surface area is 69.7 Å². The van der Waals surface area contributed by atoms with Gasteiger partial charge in [0.05, 0.1) is 0 Å². The van der Waals surface area contributed by atoms with Gasteiger partial charge >= 0.3 is 22.4 Å². The van der Waals surface area contributed by atoms with Crippen molar-refractivity contribution in [2.45, 2.75) is 20.8 Å². The number of rotatable bonds is 3. The maximum absolute atomic E-state index is 2.29. The van der Waals surface area contributed by atoms with Gasteiger partial charge in [0.2, 0.25) is 0 Å². The summed E-state index contributed by atoms with van der Waals surface area (Å²) in [5, 5.41) is 0. The first-order valence-electron chi connectivity index (χ1n) is 3.07. The molecule has 0 heterocycles. The zero-order valence-corrected chi connectivity index (χ0v) is 9.11. The largest absolute Gasteiger partial charge is 5.00 e. The second-order valence-electron chi connectivity index (χ2n) is 1.62. The first kappa shape index (κ1) is 11.9. The van der Waals surface area contributed by atoms with E-state index in [2.05, 4.69) is 20.8 Å². The van der Waals surface area contributed by atoms with Gasteiger partial charge in [-0.2, -0.15) is 0 Å². The third-order valence-electron chi connectivity index (χ3n) is 1.34. The molecule has 0 atom stereocenters. The minimum atomic E-state index is 0. The van der Waals surface area contributed by atoms with Crippen LogP contribution in [0.15, 0.2) is 0 Å². The molecule has 8 heavy (non-hydrogen) atoms. The Morgan fingerprint density at radius 2 is 1.12 bits per heavy atom. The molecule has 0 aromatic heterocycles. The molecular weight excluding hydrogens is 196 g/mol. The normalized spacial score (nSPS) is 9.00. The van der Waals surface area contributed by atoms with Gasteiger partial charge in [0.1, 0.15) is 0 Å². The summed E-state index contributed by atoms with van der Waals surface area (Å²) in [5.41, 5.74) is 0. The summed E-state index contributed by atoms with van der Waals surface area (Å²) in [6, 6.07) is 0. The number of hydrogen-bond acceptors (Lipinski definition) is 0. The molecule has 0 aliphatic carbocycles. The number of hydrogen-bond donors (Lipinski definition) is 0. The minimum absolute atomic E-state index is 0. The first-order chi connectivity index (χ1) is 3.35. The molecule has 0 aromatic rings. The Bertz CT molecular complexity index is 30.0. The Hall–Kier alpha value is 1.17. The van der Waals surface area contributed by atoms with E-state index in [1.165, 1.54) is 18.5 Å². The maximum Gasteiger partial charge on any atom is 5.00 e. The van der Waals surface area contributed by atoms with Gasteiger partial charge < -0.3 is 0 Å². The van der Waals surface area contributed by atoms with Crippen LogP contribution in [0.4, 0.5) is 0 Å². The minimum Gasteiger partial charge on any atom is -0.108 e. The molecule has 0 N–H and O–H groups in total. The molecule has 2 heteroatoms. The molecule has 0 unspecified atom stereocenters. The van der Waals surface area contributed by atoms with Gasteiger partial charge in [0, 0.05) is 0 Å². The van der Waals surface area contributed by atoms with Crippen LogP contribution in [0.5, 0.6) is 0 Å². The van der Waals surface area contributed by atoms with Crippen molar-refractivity contribution in [3.05, 3.63) is 0 Å². The molecular formula is C6H15NbP+5. The van der Waals surface area contributed by atoms with Crippen LogP contribution in [0.25, 0.3) is 0 Å². The standard InChI is InChI=1S/C6H15P.Nb/c1-4-7(5-2)6-3;/h4-6H2,1-3H3;/q;+5. The van der Waals surface area contributed by atoms with Crippen molar-refractivity contribution >= 4 is 7.92 Å². The average Bonchev–Trinajstić information content (AvgIpc) is 1.72. The first-order valence-corrected chi connectivity index (χ1v) is 4.97. The van der Waals surface area contributed by atoms with E-state index in [0.717, 1.165) is 0 Å². The van der Waals surface area contributed by atoms with Crippen LogP contribution in [0.1, 0.15) is 20.8 Å². The van der Waals surface area contributed by atoms with Crippen LogP contribution in [-0.2, 0) is 22.4 Å². The quantitative estimate of drug-likeness (QED) is 0.497. The predicted octanol–water partition coefficient (Wildman–Crippen LogP) is 2.53. The van der Waals surface area contributed by atoms with Crippen LogP contribution in [0, 0.1) is 0 Å². The predicted molar refractivity (Wildman–Crippen MR) is 38.5 cm³/mol. The second kappa shape index (κ2) is 8.17. The third kappa shape index (κ3) is 5.31. The van der Waals surface area contributed by atoms with E-state index in [1.807, 2.05) is 0 Å². The molecule has 0 fully saturated rings. The van der Waals surface area contributed by atoms with Gasteiger partial charge in [0.25, 0.3) is 0 Å². The van der Waals surface area contributed by atoms with Gasteiger partial charge in [-0.05, 0) is 18.5 Å². The topological polar surface area (TPSA) is 0 Å². The molecule has 0 aliphatic rings. The molecule has 0 bridgehead atoms. The third-order valence-corrected chi connectivity index (χ3v) is 4.02. The van der Waals surface area contributed by atoms with Crippen molar-refractivity contribution in [2.75, 3.05) is 18.5 Å². The molecule has 0 rings (SSSR count). The zero-order chi connectivity index (χ0) is 5.70.